The van der Waals surface area contributed by atoms with E-state index in [0.717, 1.165) is 31.0 Å². The standard InChI is InChI=1S/C17H29F3N6.HI/c1-4-21-16(22-6-5-7-26-13-14(2)12-23-26)25-10-8-24(9-11-25)15(3)17(18,19)20;/h12-13,15H,4-11H2,1-3H3,(H,21,22);1H. The fraction of sp³-hybridized carbons (Fsp3) is 0.765. The van der Waals surface area contributed by atoms with Crippen LogP contribution in [0.2, 0.25) is 0 Å². The van der Waals surface area contributed by atoms with Crippen LogP contribution >= 0.6 is 24.0 Å². The third-order valence-electron chi connectivity index (χ3n) is 4.54. The van der Waals surface area contributed by atoms with Crippen molar-refractivity contribution >= 4 is 29.9 Å². The molecule has 2 heterocycles. The number of hydrogen-bond acceptors (Lipinski definition) is 3. The second-order valence-corrected chi connectivity index (χ2v) is 6.61. The number of nitrogens with zero attached hydrogens (tertiary/aromatic N) is 5. The number of hydrogen-bond donors (Lipinski definition) is 1. The Balaban J connectivity index is 0.00000364. The molecule has 1 saturated heterocycles. The monoisotopic (exact) mass is 502 g/mol. The van der Waals surface area contributed by atoms with Crippen molar-refractivity contribution in [2.45, 2.75) is 46.0 Å². The van der Waals surface area contributed by atoms with Crippen molar-refractivity contribution in [2.75, 3.05) is 39.3 Å². The zero-order chi connectivity index (χ0) is 19.2. The largest absolute Gasteiger partial charge is 0.403 e. The van der Waals surface area contributed by atoms with Crippen LogP contribution in [0.1, 0.15) is 25.8 Å². The molecule has 156 valence electrons. The Bertz CT molecular complexity index is 581. The van der Waals surface area contributed by atoms with E-state index in [0.29, 0.717) is 32.7 Å². The average Bonchev–Trinajstić information content (AvgIpc) is 3.01. The number of halogens is 4. The summed E-state index contributed by atoms with van der Waals surface area (Å²) in [6, 6.07) is -1.40. The maximum Gasteiger partial charge on any atom is 0.403 e. The van der Waals surface area contributed by atoms with Gasteiger partial charge in [0.15, 0.2) is 5.96 Å². The van der Waals surface area contributed by atoms with E-state index in [2.05, 4.69) is 15.4 Å². The molecule has 10 heteroatoms. The molecule has 0 radical (unpaired) electrons. The summed E-state index contributed by atoms with van der Waals surface area (Å²) in [5.74, 6) is 0.781. The summed E-state index contributed by atoms with van der Waals surface area (Å²) in [5.41, 5.74) is 1.13. The highest BCUT2D eigenvalue weighted by Crippen LogP contribution is 2.25. The van der Waals surface area contributed by atoms with E-state index in [1.165, 1.54) is 11.8 Å². The lowest BCUT2D eigenvalue weighted by atomic mass is 10.2. The molecule has 0 saturated carbocycles. The Morgan fingerprint density at radius 2 is 1.96 bits per heavy atom. The summed E-state index contributed by atoms with van der Waals surface area (Å²) in [6.45, 7) is 9.27. The van der Waals surface area contributed by atoms with Gasteiger partial charge in [-0.05, 0) is 32.8 Å². The van der Waals surface area contributed by atoms with Crippen LogP contribution in [0.25, 0.3) is 0 Å². The van der Waals surface area contributed by atoms with Crippen LogP contribution in [-0.2, 0) is 6.54 Å². The molecule has 0 spiro atoms. The van der Waals surface area contributed by atoms with Gasteiger partial charge in [-0.25, -0.2) is 0 Å². The Kier molecular flexibility index (Phi) is 9.85. The van der Waals surface area contributed by atoms with Crippen LogP contribution in [0, 0.1) is 6.92 Å². The minimum atomic E-state index is -4.17. The summed E-state index contributed by atoms with van der Waals surface area (Å²) in [4.78, 5) is 8.16. The van der Waals surface area contributed by atoms with Gasteiger partial charge in [0, 0.05) is 52.0 Å². The van der Waals surface area contributed by atoms with Gasteiger partial charge < -0.3 is 10.2 Å². The van der Waals surface area contributed by atoms with Crippen LogP contribution < -0.4 is 5.32 Å². The number of aromatic nitrogens is 2. The van der Waals surface area contributed by atoms with Crippen LogP contribution in [0.3, 0.4) is 0 Å². The Hall–Kier alpha value is -1.04. The van der Waals surface area contributed by atoms with E-state index in [1.54, 1.807) is 0 Å². The lowest BCUT2D eigenvalue weighted by Crippen LogP contribution is -2.56. The molecule has 0 amide bonds. The molecule has 1 aliphatic heterocycles. The van der Waals surface area contributed by atoms with Gasteiger partial charge in [0.05, 0.1) is 6.20 Å². The fourth-order valence-corrected chi connectivity index (χ4v) is 2.96. The van der Waals surface area contributed by atoms with Gasteiger partial charge >= 0.3 is 6.18 Å². The molecule has 1 aliphatic rings. The summed E-state index contributed by atoms with van der Waals surface area (Å²) in [7, 11) is 0. The smallest absolute Gasteiger partial charge is 0.357 e. The van der Waals surface area contributed by atoms with Gasteiger partial charge in [-0.15, -0.1) is 24.0 Å². The minimum Gasteiger partial charge on any atom is -0.357 e. The van der Waals surface area contributed by atoms with E-state index in [1.807, 2.05) is 35.8 Å². The molecule has 1 unspecified atom stereocenters. The SMILES string of the molecule is CCNC(=NCCCn1cc(C)cn1)N1CCN(C(C)C(F)(F)F)CC1.I. The van der Waals surface area contributed by atoms with Gasteiger partial charge in [0.2, 0.25) is 0 Å². The lowest BCUT2D eigenvalue weighted by Gasteiger charge is -2.39. The number of rotatable bonds is 6. The second kappa shape index (κ2) is 11.1. The van der Waals surface area contributed by atoms with Crippen LogP contribution in [-0.4, -0.2) is 77.0 Å². The third-order valence-corrected chi connectivity index (χ3v) is 4.54. The molecule has 1 aromatic rings. The van der Waals surface area contributed by atoms with E-state index in [9.17, 15) is 13.2 Å². The Morgan fingerprint density at radius 1 is 1.30 bits per heavy atom. The molecular formula is C17H30F3IN6. The maximum atomic E-state index is 12.9. The molecule has 0 bridgehead atoms. The van der Waals surface area contributed by atoms with Crippen molar-refractivity contribution in [1.29, 1.82) is 0 Å². The van der Waals surface area contributed by atoms with Crippen molar-refractivity contribution in [3.8, 4) is 0 Å². The molecule has 1 aromatic heterocycles. The predicted molar refractivity (Wildman–Crippen MR) is 112 cm³/mol. The lowest BCUT2D eigenvalue weighted by molar-refractivity contribution is -0.181. The zero-order valence-corrected chi connectivity index (χ0v) is 18.5. The molecule has 1 N–H and O–H groups in total. The van der Waals surface area contributed by atoms with E-state index in [-0.39, 0.29) is 24.0 Å². The van der Waals surface area contributed by atoms with Crippen molar-refractivity contribution in [3.05, 3.63) is 18.0 Å². The van der Waals surface area contributed by atoms with E-state index < -0.39 is 12.2 Å². The van der Waals surface area contributed by atoms with Crippen molar-refractivity contribution in [2.24, 2.45) is 4.99 Å². The van der Waals surface area contributed by atoms with Gasteiger partial charge in [-0.2, -0.15) is 18.3 Å². The second-order valence-electron chi connectivity index (χ2n) is 6.61. The molecule has 2 rings (SSSR count). The highest BCUT2D eigenvalue weighted by Gasteiger charge is 2.41. The predicted octanol–water partition coefficient (Wildman–Crippen LogP) is 2.73. The molecule has 27 heavy (non-hydrogen) atoms. The summed E-state index contributed by atoms with van der Waals surface area (Å²) < 4.78 is 40.5. The van der Waals surface area contributed by atoms with Crippen molar-refractivity contribution < 1.29 is 13.2 Å². The molecular weight excluding hydrogens is 472 g/mol. The topological polar surface area (TPSA) is 48.7 Å². The van der Waals surface area contributed by atoms with Crippen LogP contribution in [0.4, 0.5) is 13.2 Å². The summed E-state index contributed by atoms with van der Waals surface area (Å²) >= 11 is 0. The summed E-state index contributed by atoms with van der Waals surface area (Å²) in [5, 5.41) is 7.49. The molecule has 1 atom stereocenters. The quantitative estimate of drug-likeness (QED) is 0.282. The zero-order valence-electron chi connectivity index (χ0n) is 16.2. The fourth-order valence-electron chi connectivity index (χ4n) is 2.96. The average molecular weight is 502 g/mol. The number of nitrogens with one attached hydrogen (secondary N) is 1. The minimum absolute atomic E-state index is 0. The summed E-state index contributed by atoms with van der Waals surface area (Å²) in [6.07, 6.45) is 0.511. The Morgan fingerprint density at radius 3 is 2.48 bits per heavy atom. The highest BCUT2D eigenvalue weighted by molar-refractivity contribution is 14.0. The highest BCUT2D eigenvalue weighted by atomic mass is 127. The first-order valence-corrected chi connectivity index (χ1v) is 9.14. The van der Waals surface area contributed by atoms with Gasteiger partial charge in [-0.3, -0.25) is 14.6 Å². The normalized spacial score (nSPS) is 17.6. The first kappa shape index (κ1) is 24.0. The molecule has 6 nitrogen and oxygen atoms in total. The number of alkyl halides is 3. The first-order valence-electron chi connectivity index (χ1n) is 9.14. The maximum absolute atomic E-state index is 12.9. The van der Waals surface area contributed by atoms with Crippen LogP contribution in [0.5, 0.6) is 0 Å². The third kappa shape index (κ3) is 7.47. The van der Waals surface area contributed by atoms with E-state index >= 15 is 0 Å². The Labute approximate surface area is 176 Å². The van der Waals surface area contributed by atoms with Crippen molar-refractivity contribution in [1.82, 2.24) is 24.9 Å². The molecule has 0 aromatic carbocycles. The number of guanidine groups is 1. The van der Waals surface area contributed by atoms with Crippen molar-refractivity contribution in [3.63, 3.8) is 0 Å². The number of piperazine rings is 1. The van der Waals surface area contributed by atoms with Gasteiger partial charge in [-0.1, -0.05) is 0 Å². The van der Waals surface area contributed by atoms with Gasteiger partial charge in [0.25, 0.3) is 0 Å². The number of aliphatic imine (C=N–C) groups is 1. The van der Waals surface area contributed by atoms with E-state index in [4.69, 9.17) is 0 Å². The van der Waals surface area contributed by atoms with Crippen LogP contribution in [0.15, 0.2) is 17.4 Å². The first-order chi connectivity index (χ1) is 12.3. The van der Waals surface area contributed by atoms with Gasteiger partial charge in [0.1, 0.15) is 6.04 Å². The molecule has 0 aliphatic carbocycles. The molecule has 1 fully saturated rings. The number of aryl methyl sites for hydroxylation is 2.